The van der Waals surface area contributed by atoms with Crippen LogP contribution in [-0.2, 0) is 0 Å². The van der Waals surface area contributed by atoms with Gasteiger partial charge >= 0.3 is 0 Å². The molecule has 0 saturated carbocycles. The minimum atomic E-state index is 0.569. The molecule has 0 aromatic heterocycles. The molecule has 0 atom stereocenters. The van der Waals surface area contributed by atoms with Crippen LogP contribution in [-0.4, -0.2) is 13.6 Å². The molecular weight excluding hydrogens is 186 g/mol. The van der Waals surface area contributed by atoms with E-state index in [1.165, 1.54) is 0 Å². The van der Waals surface area contributed by atoms with Gasteiger partial charge in [-0.1, -0.05) is 13.8 Å². The predicted octanol–water partition coefficient (Wildman–Crippen LogP) is 2.23. The SMILES string of the molecule is CC(C)CN(C)c1ccc(N)cc1C#N. The van der Waals surface area contributed by atoms with Crippen molar-refractivity contribution in [3.8, 4) is 6.07 Å². The Labute approximate surface area is 91.1 Å². The van der Waals surface area contributed by atoms with Gasteiger partial charge in [0, 0.05) is 19.3 Å². The first-order valence-electron chi connectivity index (χ1n) is 5.05. The molecule has 0 fully saturated rings. The quantitative estimate of drug-likeness (QED) is 0.766. The summed E-state index contributed by atoms with van der Waals surface area (Å²) in [4.78, 5) is 2.09. The summed E-state index contributed by atoms with van der Waals surface area (Å²) in [7, 11) is 1.99. The maximum Gasteiger partial charge on any atom is 0.101 e. The van der Waals surface area contributed by atoms with E-state index >= 15 is 0 Å². The average molecular weight is 203 g/mol. The van der Waals surface area contributed by atoms with E-state index in [1.54, 1.807) is 6.07 Å². The van der Waals surface area contributed by atoms with Gasteiger partial charge in [-0.25, -0.2) is 0 Å². The Bertz CT molecular complexity index is 377. The first kappa shape index (κ1) is 11.4. The minimum Gasteiger partial charge on any atom is -0.399 e. The normalized spacial score (nSPS) is 10.1. The second-order valence-corrected chi connectivity index (χ2v) is 4.16. The van der Waals surface area contributed by atoms with Crippen molar-refractivity contribution < 1.29 is 0 Å². The van der Waals surface area contributed by atoms with E-state index in [2.05, 4.69) is 24.8 Å². The van der Waals surface area contributed by atoms with Gasteiger partial charge in [-0.2, -0.15) is 5.26 Å². The Morgan fingerprint density at radius 3 is 2.67 bits per heavy atom. The fourth-order valence-corrected chi connectivity index (χ4v) is 1.62. The molecule has 0 aliphatic rings. The van der Waals surface area contributed by atoms with Gasteiger partial charge in [-0.15, -0.1) is 0 Å². The first-order chi connectivity index (χ1) is 7.04. The number of nitrogens with two attached hydrogens (primary N) is 1. The molecule has 2 N–H and O–H groups in total. The van der Waals surface area contributed by atoms with Gasteiger partial charge in [0.25, 0.3) is 0 Å². The van der Waals surface area contributed by atoms with Crippen LogP contribution in [0.4, 0.5) is 11.4 Å². The molecule has 1 rings (SSSR count). The molecule has 15 heavy (non-hydrogen) atoms. The summed E-state index contributed by atoms with van der Waals surface area (Å²) in [6, 6.07) is 7.61. The summed E-state index contributed by atoms with van der Waals surface area (Å²) in [5.74, 6) is 0.569. The van der Waals surface area contributed by atoms with E-state index in [4.69, 9.17) is 11.0 Å². The highest BCUT2D eigenvalue weighted by Crippen LogP contribution is 2.21. The Kier molecular flexibility index (Phi) is 3.56. The number of nitrogen functional groups attached to an aromatic ring is 1. The van der Waals surface area contributed by atoms with Crippen molar-refractivity contribution in [2.75, 3.05) is 24.2 Å². The standard InChI is InChI=1S/C12H17N3/c1-9(2)8-15(3)12-5-4-11(14)6-10(12)7-13/h4-6,9H,8,14H2,1-3H3. The molecule has 1 aromatic rings. The number of nitrogens with zero attached hydrogens (tertiary/aromatic N) is 2. The van der Waals surface area contributed by atoms with Crippen LogP contribution >= 0.6 is 0 Å². The molecule has 1 aromatic carbocycles. The van der Waals surface area contributed by atoms with E-state index < -0.39 is 0 Å². The second kappa shape index (κ2) is 4.70. The number of hydrogen-bond acceptors (Lipinski definition) is 3. The van der Waals surface area contributed by atoms with Crippen LogP contribution in [0.2, 0.25) is 0 Å². The van der Waals surface area contributed by atoms with Crippen LogP contribution in [0.3, 0.4) is 0 Å². The monoisotopic (exact) mass is 203 g/mol. The molecule has 0 bridgehead atoms. The maximum absolute atomic E-state index is 8.99. The highest BCUT2D eigenvalue weighted by molar-refractivity contribution is 5.64. The van der Waals surface area contributed by atoms with E-state index in [1.807, 2.05) is 19.2 Å². The van der Waals surface area contributed by atoms with Crippen LogP contribution < -0.4 is 10.6 Å². The molecule has 0 saturated heterocycles. The number of benzene rings is 1. The van der Waals surface area contributed by atoms with Gasteiger partial charge in [-0.05, 0) is 24.1 Å². The summed E-state index contributed by atoms with van der Waals surface area (Å²) in [6.07, 6.45) is 0. The molecule has 3 heteroatoms. The first-order valence-corrected chi connectivity index (χ1v) is 5.05. The molecule has 0 radical (unpaired) electrons. The van der Waals surface area contributed by atoms with Gasteiger partial charge in [0.15, 0.2) is 0 Å². The third-order valence-corrected chi connectivity index (χ3v) is 2.19. The highest BCUT2D eigenvalue weighted by Gasteiger charge is 2.08. The van der Waals surface area contributed by atoms with Crippen molar-refractivity contribution in [1.82, 2.24) is 0 Å². The zero-order chi connectivity index (χ0) is 11.4. The van der Waals surface area contributed by atoms with E-state index in [0.29, 0.717) is 17.2 Å². The topological polar surface area (TPSA) is 53.0 Å². The third kappa shape index (κ3) is 2.88. The van der Waals surface area contributed by atoms with Crippen LogP contribution in [0.25, 0.3) is 0 Å². The zero-order valence-corrected chi connectivity index (χ0v) is 9.49. The zero-order valence-electron chi connectivity index (χ0n) is 9.49. The molecule has 0 amide bonds. The van der Waals surface area contributed by atoms with E-state index in [9.17, 15) is 0 Å². The largest absolute Gasteiger partial charge is 0.399 e. The number of anilines is 2. The molecular formula is C12H17N3. The Balaban J connectivity index is 2.99. The fourth-order valence-electron chi connectivity index (χ4n) is 1.62. The van der Waals surface area contributed by atoms with E-state index in [-0.39, 0.29) is 0 Å². The van der Waals surface area contributed by atoms with Gasteiger partial charge in [-0.3, -0.25) is 0 Å². The Hall–Kier alpha value is -1.69. The molecule has 0 aliphatic carbocycles. The lowest BCUT2D eigenvalue weighted by atomic mass is 10.1. The van der Waals surface area contributed by atoms with Gasteiger partial charge in [0.1, 0.15) is 6.07 Å². The van der Waals surface area contributed by atoms with Crippen LogP contribution in [0.1, 0.15) is 19.4 Å². The average Bonchev–Trinajstić information content (AvgIpc) is 2.16. The van der Waals surface area contributed by atoms with Gasteiger partial charge in [0.2, 0.25) is 0 Å². The number of nitriles is 1. The summed E-state index contributed by atoms with van der Waals surface area (Å²) < 4.78 is 0. The lowest BCUT2D eigenvalue weighted by molar-refractivity contribution is 0.638. The third-order valence-electron chi connectivity index (χ3n) is 2.19. The predicted molar refractivity (Wildman–Crippen MR) is 63.7 cm³/mol. The van der Waals surface area contributed by atoms with Gasteiger partial charge in [0.05, 0.1) is 11.3 Å². The fraction of sp³-hybridized carbons (Fsp3) is 0.417. The van der Waals surface area contributed by atoms with Crippen LogP contribution in [0, 0.1) is 17.2 Å². The second-order valence-electron chi connectivity index (χ2n) is 4.16. The molecule has 0 spiro atoms. The highest BCUT2D eigenvalue weighted by atomic mass is 15.1. The summed E-state index contributed by atoms with van der Waals surface area (Å²) in [5, 5.41) is 8.99. The summed E-state index contributed by atoms with van der Waals surface area (Å²) >= 11 is 0. The van der Waals surface area contributed by atoms with Crippen LogP contribution in [0.5, 0.6) is 0 Å². The molecule has 80 valence electrons. The van der Waals surface area contributed by atoms with Crippen molar-refractivity contribution >= 4 is 11.4 Å². The lowest BCUT2D eigenvalue weighted by Crippen LogP contribution is -2.23. The smallest absolute Gasteiger partial charge is 0.101 e. The maximum atomic E-state index is 8.99. The van der Waals surface area contributed by atoms with Crippen molar-refractivity contribution in [2.45, 2.75) is 13.8 Å². The lowest BCUT2D eigenvalue weighted by Gasteiger charge is -2.22. The van der Waals surface area contributed by atoms with Crippen molar-refractivity contribution in [2.24, 2.45) is 5.92 Å². The number of hydrogen-bond donors (Lipinski definition) is 1. The van der Waals surface area contributed by atoms with Crippen molar-refractivity contribution in [3.63, 3.8) is 0 Å². The summed E-state index contributed by atoms with van der Waals surface area (Å²) in [5.41, 5.74) is 7.85. The number of rotatable bonds is 3. The molecule has 0 unspecified atom stereocenters. The Morgan fingerprint density at radius 2 is 2.13 bits per heavy atom. The molecule has 0 heterocycles. The van der Waals surface area contributed by atoms with Gasteiger partial charge < -0.3 is 10.6 Å². The molecule has 0 aliphatic heterocycles. The van der Waals surface area contributed by atoms with E-state index in [0.717, 1.165) is 12.2 Å². The van der Waals surface area contributed by atoms with Crippen LogP contribution in [0.15, 0.2) is 18.2 Å². The minimum absolute atomic E-state index is 0.569. The van der Waals surface area contributed by atoms with Crippen molar-refractivity contribution in [3.05, 3.63) is 23.8 Å². The molecule has 3 nitrogen and oxygen atoms in total. The summed E-state index contributed by atoms with van der Waals surface area (Å²) in [6.45, 7) is 5.23. The van der Waals surface area contributed by atoms with Crippen molar-refractivity contribution in [1.29, 1.82) is 5.26 Å². The Morgan fingerprint density at radius 1 is 1.47 bits per heavy atom.